The van der Waals surface area contributed by atoms with Gasteiger partial charge in [-0.25, -0.2) is 0 Å². The molecule has 0 N–H and O–H groups in total. The maximum absolute atomic E-state index is 6.22. The van der Waals surface area contributed by atoms with E-state index in [-0.39, 0.29) is 18.3 Å². The third-order valence-corrected chi connectivity index (χ3v) is 6.44. The first kappa shape index (κ1) is 23.3. The predicted octanol–water partition coefficient (Wildman–Crippen LogP) is 6.28. The molecule has 1 heterocycles. The predicted molar refractivity (Wildman–Crippen MR) is 140 cm³/mol. The lowest BCUT2D eigenvalue weighted by molar-refractivity contribution is 0.00578. The summed E-state index contributed by atoms with van der Waals surface area (Å²) in [5.41, 5.74) is 4.70. The van der Waals surface area contributed by atoms with Gasteiger partial charge in [-0.15, -0.1) is 0 Å². The summed E-state index contributed by atoms with van der Waals surface area (Å²) in [7, 11) is -0.365. The number of benzene rings is 3. The van der Waals surface area contributed by atoms with E-state index in [2.05, 4.69) is 117 Å². The van der Waals surface area contributed by atoms with Crippen molar-refractivity contribution in [3.05, 3.63) is 84.4 Å². The highest BCUT2D eigenvalue weighted by molar-refractivity contribution is 6.62. The second kappa shape index (κ2) is 9.54. The number of para-hydroxylation sites is 1. The van der Waals surface area contributed by atoms with Gasteiger partial charge in [0.1, 0.15) is 0 Å². The molecule has 1 aliphatic heterocycles. The van der Waals surface area contributed by atoms with E-state index in [0.717, 1.165) is 41.1 Å². The average molecular weight is 440 g/mol. The summed E-state index contributed by atoms with van der Waals surface area (Å²) >= 11 is 0. The van der Waals surface area contributed by atoms with Crippen molar-refractivity contribution >= 4 is 35.9 Å². The van der Waals surface area contributed by atoms with E-state index in [4.69, 9.17) is 9.31 Å². The molecule has 5 heteroatoms. The van der Waals surface area contributed by atoms with Crippen LogP contribution < -0.4 is 10.4 Å². The number of nitrogens with zero attached hydrogens (tertiary/aromatic N) is 2. The van der Waals surface area contributed by atoms with Crippen LogP contribution in [0.15, 0.2) is 83.9 Å². The van der Waals surface area contributed by atoms with E-state index in [1.807, 2.05) is 12.3 Å². The molecule has 1 fully saturated rings. The summed E-state index contributed by atoms with van der Waals surface area (Å²) in [6, 6.07) is 27.4. The van der Waals surface area contributed by atoms with Crippen LogP contribution in [-0.4, -0.2) is 31.1 Å². The van der Waals surface area contributed by atoms with E-state index in [1.54, 1.807) is 0 Å². The van der Waals surface area contributed by atoms with Gasteiger partial charge in [0.05, 0.1) is 11.2 Å². The van der Waals surface area contributed by atoms with Gasteiger partial charge in [-0.05, 0) is 81.5 Å². The number of aliphatic imine (C=N–C) groups is 1. The first-order valence-corrected chi connectivity index (χ1v) is 11.7. The Balaban J connectivity index is 1.62. The van der Waals surface area contributed by atoms with Gasteiger partial charge in [0.15, 0.2) is 0 Å². The Kier molecular flexibility index (Phi) is 6.73. The Hall–Kier alpha value is -2.89. The Bertz CT molecular complexity index is 1060. The van der Waals surface area contributed by atoms with Crippen LogP contribution in [-0.2, 0) is 9.31 Å². The number of hydrogen-bond donors (Lipinski definition) is 0. The van der Waals surface area contributed by atoms with Gasteiger partial charge < -0.3 is 14.2 Å². The monoisotopic (exact) mass is 440 g/mol. The van der Waals surface area contributed by atoms with Gasteiger partial charge >= 0.3 is 7.12 Å². The van der Waals surface area contributed by atoms with Crippen molar-refractivity contribution in [1.82, 2.24) is 0 Å². The lowest BCUT2D eigenvalue weighted by atomic mass is 9.79. The summed E-state index contributed by atoms with van der Waals surface area (Å²) in [4.78, 5) is 6.71. The van der Waals surface area contributed by atoms with Crippen LogP contribution in [0.25, 0.3) is 0 Å². The summed E-state index contributed by atoms with van der Waals surface area (Å²) < 4.78 is 12.4. The lowest BCUT2D eigenvalue weighted by Crippen LogP contribution is -2.41. The molecule has 0 aliphatic carbocycles. The van der Waals surface area contributed by atoms with Crippen LogP contribution in [0.5, 0.6) is 0 Å². The van der Waals surface area contributed by atoms with Gasteiger partial charge in [-0.1, -0.05) is 49.4 Å². The standard InChI is InChI=1S/C28H33BN2O2/c1-6-20-30-21-22-12-16-25(17-13-22)31(24-10-8-7-9-11-24)26-18-14-23(15-19-26)29-32-27(2,3)28(4,5)33-29/h7-19,21H,6,20H2,1-5H3. The molecule has 0 atom stereocenters. The molecule has 0 unspecified atom stereocenters. The Morgan fingerprint density at radius 1 is 0.758 bits per heavy atom. The van der Waals surface area contributed by atoms with E-state index in [9.17, 15) is 0 Å². The smallest absolute Gasteiger partial charge is 0.399 e. The second-order valence-corrected chi connectivity index (χ2v) is 9.48. The van der Waals surface area contributed by atoms with Gasteiger partial charge in [0.2, 0.25) is 0 Å². The first-order valence-electron chi connectivity index (χ1n) is 11.7. The number of hydrogen-bond acceptors (Lipinski definition) is 4. The van der Waals surface area contributed by atoms with Crippen LogP contribution in [0, 0.1) is 0 Å². The van der Waals surface area contributed by atoms with Crippen molar-refractivity contribution in [2.45, 2.75) is 52.2 Å². The molecule has 0 bridgehead atoms. The second-order valence-electron chi connectivity index (χ2n) is 9.48. The van der Waals surface area contributed by atoms with Crippen molar-refractivity contribution < 1.29 is 9.31 Å². The van der Waals surface area contributed by atoms with Crippen LogP contribution in [0.1, 0.15) is 46.6 Å². The van der Waals surface area contributed by atoms with E-state index in [0.29, 0.717) is 0 Å². The molecule has 0 saturated carbocycles. The molecule has 0 amide bonds. The van der Waals surface area contributed by atoms with Gasteiger partial charge in [-0.2, -0.15) is 0 Å². The molecule has 0 spiro atoms. The van der Waals surface area contributed by atoms with Crippen LogP contribution in [0.4, 0.5) is 17.1 Å². The van der Waals surface area contributed by atoms with Crippen LogP contribution in [0.3, 0.4) is 0 Å². The quantitative estimate of drug-likeness (QED) is 0.320. The Morgan fingerprint density at radius 2 is 1.27 bits per heavy atom. The van der Waals surface area contributed by atoms with Gasteiger partial charge in [0.25, 0.3) is 0 Å². The zero-order valence-electron chi connectivity index (χ0n) is 20.3. The molecular weight excluding hydrogens is 407 g/mol. The van der Waals surface area contributed by atoms with Crippen molar-refractivity contribution in [1.29, 1.82) is 0 Å². The summed E-state index contributed by atoms with van der Waals surface area (Å²) in [5.74, 6) is 0. The van der Waals surface area contributed by atoms with Crippen molar-refractivity contribution in [2.24, 2.45) is 4.99 Å². The minimum Gasteiger partial charge on any atom is -0.399 e. The number of rotatable bonds is 7. The maximum Gasteiger partial charge on any atom is 0.494 e. The third-order valence-electron chi connectivity index (χ3n) is 6.44. The Labute approximate surface area is 198 Å². The van der Waals surface area contributed by atoms with Crippen molar-refractivity contribution in [3.63, 3.8) is 0 Å². The minimum atomic E-state index is -0.365. The SMILES string of the molecule is CCCN=Cc1ccc(N(c2ccccc2)c2ccc(B3OC(C)(C)C(C)(C)O3)cc2)cc1. The highest BCUT2D eigenvalue weighted by atomic mass is 16.7. The van der Waals surface area contributed by atoms with E-state index >= 15 is 0 Å². The van der Waals surface area contributed by atoms with Crippen LogP contribution in [0.2, 0.25) is 0 Å². The largest absolute Gasteiger partial charge is 0.494 e. The van der Waals surface area contributed by atoms with Gasteiger partial charge in [0, 0.05) is 29.8 Å². The summed E-state index contributed by atoms with van der Waals surface area (Å²) in [5, 5.41) is 0. The molecule has 0 radical (unpaired) electrons. The van der Waals surface area contributed by atoms with Crippen LogP contribution >= 0.6 is 0 Å². The van der Waals surface area contributed by atoms with Crippen molar-refractivity contribution in [2.75, 3.05) is 11.4 Å². The molecule has 170 valence electrons. The highest BCUT2D eigenvalue weighted by Crippen LogP contribution is 2.37. The van der Waals surface area contributed by atoms with E-state index in [1.165, 1.54) is 0 Å². The third kappa shape index (κ3) is 5.05. The molecular formula is C28H33BN2O2. The average Bonchev–Trinajstić information content (AvgIpc) is 3.03. The Morgan fingerprint density at radius 3 is 1.82 bits per heavy atom. The van der Waals surface area contributed by atoms with Crippen molar-refractivity contribution in [3.8, 4) is 0 Å². The molecule has 3 aromatic carbocycles. The molecule has 0 aromatic heterocycles. The minimum absolute atomic E-state index is 0.353. The fraction of sp³-hybridized carbons (Fsp3) is 0.321. The zero-order chi connectivity index (χ0) is 23.5. The zero-order valence-corrected chi connectivity index (χ0v) is 20.3. The molecule has 4 nitrogen and oxygen atoms in total. The fourth-order valence-corrected chi connectivity index (χ4v) is 3.79. The molecule has 1 saturated heterocycles. The fourth-order valence-electron chi connectivity index (χ4n) is 3.79. The summed E-state index contributed by atoms with van der Waals surface area (Å²) in [6.07, 6.45) is 3.00. The maximum atomic E-state index is 6.22. The molecule has 33 heavy (non-hydrogen) atoms. The molecule has 3 aromatic rings. The van der Waals surface area contributed by atoms with E-state index < -0.39 is 0 Å². The highest BCUT2D eigenvalue weighted by Gasteiger charge is 2.51. The molecule has 4 rings (SSSR count). The lowest BCUT2D eigenvalue weighted by Gasteiger charge is -2.32. The topological polar surface area (TPSA) is 34.1 Å². The first-order chi connectivity index (χ1) is 15.8. The summed E-state index contributed by atoms with van der Waals surface area (Å²) in [6.45, 7) is 11.3. The molecule has 1 aliphatic rings. The number of anilines is 3. The normalized spacial score (nSPS) is 16.9. The van der Waals surface area contributed by atoms with Gasteiger partial charge in [-0.3, -0.25) is 4.99 Å².